The summed E-state index contributed by atoms with van der Waals surface area (Å²) in [5.41, 5.74) is 6.72. The highest BCUT2D eigenvalue weighted by molar-refractivity contribution is 5.61. The SMILES string of the molecule is Cc1ncn(-c2ncnc(N)c2[N+](=O)[O-])c1C. The maximum atomic E-state index is 10.9. The van der Waals surface area contributed by atoms with E-state index in [2.05, 4.69) is 15.0 Å². The predicted octanol–water partition coefficient (Wildman–Crippen LogP) is 0.770. The second-order valence-corrected chi connectivity index (χ2v) is 3.47. The molecule has 0 bridgehead atoms. The van der Waals surface area contributed by atoms with Gasteiger partial charge < -0.3 is 5.73 Å². The van der Waals surface area contributed by atoms with E-state index in [1.807, 2.05) is 6.92 Å². The molecule has 0 saturated heterocycles. The molecular formula is C9H10N6O2. The summed E-state index contributed by atoms with van der Waals surface area (Å²) < 4.78 is 1.52. The van der Waals surface area contributed by atoms with E-state index in [-0.39, 0.29) is 17.3 Å². The first-order valence-corrected chi connectivity index (χ1v) is 4.78. The molecule has 2 rings (SSSR count). The van der Waals surface area contributed by atoms with Crippen molar-refractivity contribution in [1.82, 2.24) is 19.5 Å². The minimum Gasteiger partial charge on any atom is -0.378 e. The Hall–Kier alpha value is -2.51. The fraction of sp³-hybridized carbons (Fsp3) is 0.222. The highest BCUT2D eigenvalue weighted by atomic mass is 16.6. The molecule has 0 fully saturated rings. The summed E-state index contributed by atoms with van der Waals surface area (Å²) in [6, 6.07) is 0. The van der Waals surface area contributed by atoms with Gasteiger partial charge in [-0.1, -0.05) is 0 Å². The lowest BCUT2D eigenvalue weighted by Crippen LogP contribution is -2.08. The third kappa shape index (κ3) is 1.69. The quantitative estimate of drug-likeness (QED) is 0.606. The van der Waals surface area contributed by atoms with Crippen molar-refractivity contribution >= 4 is 11.5 Å². The van der Waals surface area contributed by atoms with Crippen molar-refractivity contribution in [3.05, 3.63) is 34.2 Å². The van der Waals surface area contributed by atoms with E-state index < -0.39 is 4.92 Å². The molecule has 0 saturated carbocycles. The van der Waals surface area contributed by atoms with Crippen LogP contribution in [0.25, 0.3) is 5.82 Å². The van der Waals surface area contributed by atoms with E-state index in [1.165, 1.54) is 17.2 Å². The van der Waals surface area contributed by atoms with Crippen molar-refractivity contribution in [2.75, 3.05) is 5.73 Å². The molecule has 0 radical (unpaired) electrons. The van der Waals surface area contributed by atoms with Crippen LogP contribution in [-0.4, -0.2) is 24.4 Å². The van der Waals surface area contributed by atoms with Gasteiger partial charge in [-0.3, -0.25) is 14.7 Å². The zero-order chi connectivity index (χ0) is 12.6. The lowest BCUT2D eigenvalue weighted by Gasteiger charge is -2.05. The first kappa shape index (κ1) is 11.0. The van der Waals surface area contributed by atoms with Crippen LogP contribution in [-0.2, 0) is 0 Å². The smallest absolute Gasteiger partial charge is 0.353 e. The zero-order valence-corrected chi connectivity index (χ0v) is 9.28. The molecule has 0 spiro atoms. The van der Waals surface area contributed by atoms with Gasteiger partial charge in [-0.05, 0) is 13.8 Å². The zero-order valence-electron chi connectivity index (χ0n) is 9.28. The summed E-state index contributed by atoms with van der Waals surface area (Å²) >= 11 is 0. The number of aryl methyl sites for hydroxylation is 1. The molecule has 2 aromatic heterocycles. The molecule has 0 amide bonds. The van der Waals surface area contributed by atoms with Crippen LogP contribution in [0.15, 0.2) is 12.7 Å². The average molecular weight is 234 g/mol. The number of nitrogen functional groups attached to an aromatic ring is 1. The van der Waals surface area contributed by atoms with Crippen LogP contribution < -0.4 is 5.73 Å². The highest BCUT2D eigenvalue weighted by Gasteiger charge is 2.23. The number of nitro groups is 1. The molecule has 2 heterocycles. The van der Waals surface area contributed by atoms with Crippen molar-refractivity contribution < 1.29 is 4.92 Å². The van der Waals surface area contributed by atoms with Gasteiger partial charge in [0.25, 0.3) is 0 Å². The number of imidazole rings is 1. The lowest BCUT2D eigenvalue weighted by molar-refractivity contribution is -0.384. The van der Waals surface area contributed by atoms with Crippen molar-refractivity contribution in [3.8, 4) is 5.82 Å². The molecule has 0 aliphatic heterocycles. The maximum Gasteiger partial charge on any atom is 0.353 e. The summed E-state index contributed by atoms with van der Waals surface area (Å²) in [6.45, 7) is 3.60. The van der Waals surface area contributed by atoms with Crippen molar-refractivity contribution in [2.45, 2.75) is 13.8 Å². The number of aromatic nitrogens is 4. The van der Waals surface area contributed by atoms with Crippen LogP contribution >= 0.6 is 0 Å². The Bertz CT molecular complexity index is 591. The average Bonchev–Trinajstić information content (AvgIpc) is 2.59. The molecular weight excluding hydrogens is 224 g/mol. The van der Waals surface area contributed by atoms with Crippen LogP contribution in [0.1, 0.15) is 11.4 Å². The first-order valence-electron chi connectivity index (χ1n) is 4.78. The number of anilines is 1. The van der Waals surface area contributed by atoms with E-state index >= 15 is 0 Å². The predicted molar refractivity (Wildman–Crippen MR) is 59.7 cm³/mol. The highest BCUT2D eigenvalue weighted by Crippen LogP contribution is 2.26. The molecule has 2 aromatic rings. The van der Waals surface area contributed by atoms with Gasteiger partial charge >= 0.3 is 5.69 Å². The third-order valence-corrected chi connectivity index (χ3v) is 2.49. The number of nitrogens with two attached hydrogens (primary N) is 1. The molecule has 0 aliphatic carbocycles. The van der Waals surface area contributed by atoms with E-state index in [4.69, 9.17) is 5.73 Å². The van der Waals surface area contributed by atoms with Gasteiger partial charge in [0.1, 0.15) is 12.7 Å². The van der Waals surface area contributed by atoms with Crippen molar-refractivity contribution in [3.63, 3.8) is 0 Å². The van der Waals surface area contributed by atoms with Gasteiger partial charge in [0.2, 0.25) is 11.6 Å². The summed E-state index contributed by atoms with van der Waals surface area (Å²) in [4.78, 5) is 21.9. The molecule has 17 heavy (non-hydrogen) atoms. The Balaban J connectivity index is 2.72. The molecule has 0 aliphatic rings. The molecule has 0 atom stereocenters. The Morgan fingerprint density at radius 1 is 1.35 bits per heavy atom. The number of hydrogen-bond donors (Lipinski definition) is 1. The van der Waals surface area contributed by atoms with Crippen molar-refractivity contribution in [2.24, 2.45) is 0 Å². The summed E-state index contributed by atoms with van der Waals surface area (Å²) in [5.74, 6) is -0.0358. The Kier molecular flexibility index (Phi) is 2.47. The number of hydrogen-bond acceptors (Lipinski definition) is 6. The molecule has 2 N–H and O–H groups in total. The van der Waals surface area contributed by atoms with Crippen LogP contribution in [0, 0.1) is 24.0 Å². The van der Waals surface area contributed by atoms with Gasteiger partial charge in [0.05, 0.1) is 10.6 Å². The van der Waals surface area contributed by atoms with E-state index in [9.17, 15) is 10.1 Å². The summed E-state index contributed by atoms with van der Waals surface area (Å²) in [6.07, 6.45) is 2.66. The molecule has 0 unspecified atom stereocenters. The van der Waals surface area contributed by atoms with Gasteiger partial charge in [-0.25, -0.2) is 15.0 Å². The fourth-order valence-electron chi connectivity index (χ4n) is 1.45. The standard InChI is InChI=1S/C9H10N6O2/c1-5-6(2)14(4-13-5)9-7(15(16)17)8(10)11-3-12-9/h3-4H,1-2H3,(H2,10,11,12). The fourth-order valence-corrected chi connectivity index (χ4v) is 1.45. The number of rotatable bonds is 2. The van der Waals surface area contributed by atoms with Crippen LogP contribution in [0.5, 0.6) is 0 Å². The molecule has 0 aromatic carbocycles. The Morgan fingerprint density at radius 2 is 2.06 bits per heavy atom. The van der Waals surface area contributed by atoms with Crippen LogP contribution in [0.2, 0.25) is 0 Å². The monoisotopic (exact) mass is 234 g/mol. The lowest BCUT2D eigenvalue weighted by atomic mass is 10.3. The van der Waals surface area contributed by atoms with Crippen LogP contribution in [0.4, 0.5) is 11.5 Å². The maximum absolute atomic E-state index is 10.9. The summed E-state index contributed by atoms with van der Waals surface area (Å²) in [7, 11) is 0. The minimum absolute atomic E-state index is 0.126. The molecule has 8 nitrogen and oxygen atoms in total. The molecule has 8 heteroatoms. The van der Waals surface area contributed by atoms with E-state index in [0.717, 1.165) is 11.4 Å². The third-order valence-electron chi connectivity index (χ3n) is 2.49. The van der Waals surface area contributed by atoms with E-state index in [0.29, 0.717) is 0 Å². The minimum atomic E-state index is -0.598. The van der Waals surface area contributed by atoms with Crippen molar-refractivity contribution in [1.29, 1.82) is 0 Å². The van der Waals surface area contributed by atoms with Gasteiger partial charge in [0, 0.05) is 5.69 Å². The van der Waals surface area contributed by atoms with Gasteiger partial charge in [0.15, 0.2) is 0 Å². The number of nitrogens with zero attached hydrogens (tertiary/aromatic N) is 5. The second kappa shape index (κ2) is 3.81. The Morgan fingerprint density at radius 3 is 2.59 bits per heavy atom. The topological polar surface area (TPSA) is 113 Å². The molecule has 88 valence electrons. The van der Waals surface area contributed by atoms with E-state index in [1.54, 1.807) is 6.92 Å². The summed E-state index contributed by atoms with van der Waals surface area (Å²) in [5, 5.41) is 10.9. The Labute approximate surface area is 96.3 Å². The van der Waals surface area contributed by atoms with Gasteiger partial charge in [-0.2, -0.15) is 0 Å². The second-order valence-electron chi connectivity index (χ2n) is 3.47. The van der Waals surface area contributed by atoms with Crippen LogP contribution in [0.3, 0.4) is 0 Å². The first-order chi connectivity index (χ1) is 8.02. The largest absolute Gasteiger partial charge is 0.378 e. The van der Waals surface area contributed by atoms with Gasteiger partial charge in [-0.15, -0.1) is 0 Å². The normalized spacial score (nSPS) is 10.5.